The number of sulfonamides is 1. The fourth-order valence-corrected chi connectivity index (χ4v) is 3.62. The van der Waals surface area contributed by atoms with Crippen LogP contribution in [0, 0.1) is 0 Å². The molecular weight excluding hydrogens is 448 g/mol. The fourth-order valence-electron chi connectivity index (χ4n) is 1.77. The first kappa shape index (κ1) is 18.1. The molecule has 0 radical (unpaired) electrons. The quantitative estimate of drug-likeness (QED) is 0.715. The third-order valence-corrected chi connectivity index (χ3v) is 5.76. The van der Waals surface area contributed by atoms with Crippen LogP contribution in [0.25, 0.3) is 0 Å². The molecule has 122 valence electrons. The van der Waals surface area contributed by atoms with Crippen molar-refractivity contribution in [2.45, 2.75) is 17.9 Å². The Morgan fingerprint density at radius 2 is 1.65 bits per heavy atom. The minimum Gasteiger partial charge on any atom is -0.324 e. The zero-order valence-corrected chi connectivity index (χ0v) is 16.1. The molecule has 0 fully saturated rings. The summed E-state index contributed by atoms with van der Waals surface area (Å²) in [5.74, 6) is -0.447. The van der Waals surface area contributed by atoms with Crippen molar-refractivity contribution in [2.75, 3.05) is 5.32 Å². The minimum absolute atomic E-state index is 0.0984. The summed E-state index contributed by atoms with van der Waals surface area (Å²) >= 11 is 6.57. The molecule has 0 bridgehead atoms. The van der Waals surface area contributed by atoms with Crippen molar-refractivity contribution >= 4 is 53.5 Å². The molecule has 0 saturated carbocycles. The van der Waals surface area contributed by atoms with Gasteiger partial charge in [-0.25, -0.2) is 8.42 Å². The predicted molar refractivity (Wildman–Crippen MR) is 96.7 cm³/mol. The molecule has 0 aromatic heterocycles. The number of benzene rings is 2. The molecule has 2 aromatic rings. The van der Waals surface area contributed by atoms with Gasteiger partial charge < -0.3 is 5.32 Å². The summed E-state index contributed by atoms with van der Waals surface area (Å²) in [6.45, 7) is 1.49. The molecule has 0 aliphatic rings. The van der Waals surface area contributed by atoms with Crippen LogP contribution in [0.1, 0.15) is 6.92 Å². The van der Waals surface area contributed by atoms with Crippen LogP contribution in [0.15, 0.2) is 62.4 Å². The van der Waals surface area contributed by atoms with Gasteiger partial charge in [0.15, 0.2) is 0 Å². The Morgan fingerprint density at radius 3 is 2.26 bits per heavy atom. The Labute approximate surface area is 151 Å². The van der Waals surface area contributed by atoms with Gasteiger partial charge in [-0.3, -0.25) is 4.79 Å². The minimum atomic E-state index is -3.77. The molecule has 0 heterocycles. The van der Waals surface area contributed by atoms with E-state index in [-0.39, 0.29) is 4.90 Å². The molecule has 0 aliphatic carbocycles. The lowest BCUT2D eigenvalue weighted by atomic mass is 10.3. The van der Waals surface area contributed by atoms with Crippen molar-refractivity contribution < 1.29 is 13.2 Å². The van der Waals surface area contributed by atoms with Gasteiger partial charge in [0.1, 0.15) is 0 Å². The van der Waals surface area contributed by atoms with E-state index in [4.69, 9.17) is 0 Å². The van der Waals surface area contributed by atoms with Gasteiger partial charge in [0.05, 0.1) is 16.6 Å². The Morgan fingerprint density at radius 1 is 1.04 bits per heavy atom. The summed E-state index contributed by atoms with van der Waals surface area (Å²) in [5, 5.41) is 2.67. The summed E-state index contributed by atoms with van der Waals surface area (Å²) in [5.41, 5.74) is 0.576. The first-order chi connectivity index (χ1) is 10.8. The molecule has 0 saturated heterocycles. The Hall–Kier alpha value is -1.22. The predicted octanol–water partition coefficient (Wildman–Crippen LogP) is 3.52. The van der Waals surface area contributed by atoms with E-state index in [0.29, 0.717) is 5.69 Å². The van der Waals surface area contributed by atoms with Gasteiger partial charge in [-0.2, -0.15) is 4.72 Å². The van der Waals surface area contributed by atoms with Crippen LogP contribution >= 0.6 is 31.9 Å². The number of carbonyl (C=O) groups is 1. The summed E-state index contributed by atoms with van der Waals surface area (Å²) in [6.07, 6.45) is 0. The zero-order chi connectivity index (χ0) is 17.0. The smallest absolute Gasteiger partial charge is 0.242 e. The monoisotopic (exact) mass is 460 g/mol. The van der Waals surface area contributed by atoms with Crippen LogP contribution in [0.5, 0.6) is 0 Å². The van der Waals surface area contributed by atoms with Crippen molar-refractivity contribution in [2.24, 2.45) is 0 Å². The molecule has 2 N–H and O–H groups in total. The van der Waals surface area contributed by atoms with Gasteiger partial charge in [0.2, 0.25) is 15.9 Å². The van der Waals surface area contributed by atoms with Gasteiger partial charge in [0.25, 0.3) is 0 Å². The highest BCUT2D eigenvalue weighted by molar-refractivity contribution is 9.10. The third kappa shape index (κ3) is 4.87. The average molecular weight is 462 g/mol. The average Bonchev–Trinajstić information content (AvgIpc) is 2.49. The molecule has 23 heavy (non-hydrogen) atoms. The molecule has 0 spiro atoms. The Kier molecular flexibility index (Phi) is 5.96. The van der Waals surface area contributed by atoms with Gasteiger partial charge >= 0.3 is 0 Å². The second-order valence-corrected chi connectivity index (χ2v) is 8.25. The molecule has 8 heteroatoms. The summed E-state index contributed by atoms with van der Waals surface area (Å²) in [7, 11) is -3.77. The number of amides is 1. The number of halogens is 2. The van der Waals surface area contributed by atoms with Crippen LogP contribution in [0.2, 0.25) is 0 Å². The molecule has 5 nitrogen and oxygen atoms in total. The van der Waals surface area contributed by atoms with Crippen molar-refractivity contribution in [1.29, 1.82) is 0 Å². The molecule has 0 aliphatic heterocycles. The van der Waals surface area contributed by atoms with E-state index in [1.54, 1.807) is 30.3 Å². The van der Waals surface area contributed by atoms with Crippen LogP contribution in [-0.2, 0) is 14.8 Å². The molecule has 2 aromatic carbocycles. The lowest BCUT2D eigenvalue weighted by Gasteiger charge is -2.15. The molecule has 2 rings (SSSR count). The highest BCUT2D eigenvalue weighted by atomic mass is 79.9. The maximum Gasteiger partial charge on any atom is 0.242 e. The Bertz CT molecular complexity index is 808. The zero-order valence-electron chi connectivity index (χ0n) is 12.1. The van der Waals surface area contributed by atoms with Gasteiger partial charge in [-0.15, -0.1) is 0 Å². The van der Waals surface area contributed by atoms with E-state index in [1.807, 2.05) is 6.07 Å². The standard InChI is InChI=1S/C15H14Br2N2O3S/c1-10(15(20)18-14-5-3-2-4-13(14)17)19-23(21,22)12-8-6-11(16)7-9-12/h2-10,19H,1H3,(H,18,20)/t10-/m1/s1. The number of nitrogens with one attached hydrogen (secondary N) is 2. The lowest BCUT2D eigenvalue weighted by molar-refractivity contribution is -0.117. The van der Waals surface area contributed by atoms with Gasteiger partial charge in [-0.1, -0.05) is 28.1 Å². The number of anilines is 1. The highest BCUT2D eigenvalue weighted by Crippen LogP contribution is 2.21. The maximum absolute atomic E-state index is 12.3. The molecule has 0 unspecified atom stereocenters. The number of hydrogen-bond acceptors (Lipinski definition) is 3. The summed E-state index contributed by atoms with van der Waals surface area (Å²) in [4.78, 5) is 12.3. The topological polar surface area (TPSA) is 75.3 Å². The van der Waals surface area contributed by atoms with E-state index in [2.05, 4.69) is 41.9 Å². The van der Waals surface area contributed by atoms with E-state index >= 15 is 0 Å². The van der Waals surface area contributed by atoms with Gasteiger partial charge in [-0.05, 0) is 59.3 Å². The number of carbonyl (C=O) groups excluding carboxylic acids is 1. The van der Waals surface area contributed by atoms with Crippen molar-refractivity contribution in [3.63, 3.8) is 0 Å². The van der Waals surface area contributed by atoms with Crippen LogP contribution in [0.4, 0.5) is 5.69 Å². The fraction of sp³-hybridized carbons (Fsp3) is 0.133. The van der Waals surface area contributed by atoms with Crippen LogP contribution in [0.3, 0.4) is 0 Å². The normalized spacial score (nSPS) is 12.7. The first-order valence-corrected chi connectivity index (χ1v) is 9.70. The first-order valence-electron chi connectivity index (χ1n) is 6.63. The van der Waals surface area contributed by atoms with Crippen molar-refractivity contribution in [3.8, 4) is 0 Å². The largest absolute Gasteiger partial charge is 0.324 e. The van der Waals surface area contributed by atoms with E-state index in [0.717, 1.165) is 8.95 Å². The van der Waals surface area contributed by atoms with Crippen LogP contribution in [-0.4, -0.2) is 20.4 Å². The molecule has 1 atom stereocenters. The molecular formula is C15H14Br2N2O3S. The molecule has 1 amide bonds. The highest BCUT2D eigenvalue weighted by Gasteiger charge is 2.22. The second-order valence-electron chi connectivity index (χ2n) is 4.77. The summed E-state index contributed by atoms with van der Waals surface area (Å²) < 4.78 is 28.4. The van der Waals surface area contributed by atoms with E-state index < -0.39 is 22.0 Å². The maximum atomic E-state index is 12.3. The third-order valence-electron chi connectivity index (χ3n) is 2.98. The van der Waals surface area contributed by atoms with E-state index in [9.17, 15) is 13.2 Å². The number of hydrogen-bond donors (Lipinski definition) is 2. The SMILES string of the molecule is C[C@@H](NS(=O)(=O)c1ccc(Br)cc1)C(=O)Nc1ccccc1Br. The van der Waals surface area contributed by atoms with Crippen LogP contribution < -0.4 is 10.0 Å². The number of rotatable bonds is 5. The lowest BCUT2D eigenvalue weighted by Crippen LogP contribution is -2.41. The second kappa shape index (κ2) is 7.57. The number of para-hydroxylation sites is 1. The van der Waals surface area contributed by atoms with Crippen molar-refractivity contribution in [1.82, 2.24) is 4.72 Å². The van der Waals surface area contributed by atoms with E-state index in [1.165, 1.54) is 19.1 Å². The van der Waals surface area contributed by atoms with Crippen molar-refractivity contribution in [3.05, 3.63) is 57.5 Å². The summed E-state index contributed by atoms with van der Waals surface area (Å²) in [6, 6.07) is 12.4. The Balaban J connectivity index is 2.08. The van der Waals surface area contributed by atoms with Gasteiger partial charge in [0, 0.05) is 8.95 Å².